The zero-order chi connectivity index (χ0) is 19.5. The van der Waals surface area contributed by atoms with E-state index < -0.39 is 0 Å². The Labute approximate surface area is 168 Å². The third kappa shape index (κ3) is 4.02. The van der Waals surface area contributed by atoms with E-state index in [-0.39, 0.29) is 1.43 Å². The summed E-state index contributed by atoms with van der Waals surface area (Å²) in [6, 6.07) is 11.3. The highest BCUT2D eigenvalue weighted by atomic mass is 15.3. The zero-order valence-electron chi connectivity index (χ0n) is 17.0. The number of nitrogens with one attached hydrogen (secondary N) is 2. The largest absolute Gasteiger partial charge is 0.353 e. The van der Waals surface area contributed by atoms with Crippen LogP contribution in [0.25, 0.3) is 22.4 Å². The summed E-state index contributed by atoms with van der Waals surface area (Å²) in [5, 5.41) is 12.3. The molecule has 2 atom stereocenters. The van der Waals surface area contributed by atoms with Gasteiger partial charge in [-0.15, -0.1) is 0 Å². The summed E-state index contributed by atoms with van der Waals surface area (Å²) in [5.74, 6) is 1.73. The molecule has 0 saturated carbocycles. The number of hydrogen-bond acceptors (Lipinski definition) is 5. The average molecular weight is 381 g/mol. The highest BCUT2D eigenvalue weighted by molar-refractivity contribution is 5.89. The molecular formula is C22H32N6. The number of H-pyrrole nitrogens is 1. The first kappa shape index (κ1) is 18.9. The van der Waals surface area contributed by atoms with E-state index in [1.54, 1.807) is 6.20 Å². The summed E-state index contributed by atoms with van der Waals surface area (Å²) >= 11 is 0. The molecule has 3 aromatic rings. The van der Waals surface area contributed by atoms with E-state index in [9.17, 15) is 0 Å². The van der Waals surface area contributed by atoms with Crippen LogP contribution in [-0.4, -0.2) is 45.3 Å². The van der Waals surface area contributed by atoms with Gasteiger partial charge >= 0.3 is 0 Å². The molecule has 1 aliphatic heterocycles. The highest BCUT2D eigenvalue weighted by Gasteiger charge is 2.27. The van der Waals surface area contributed by atoms with Gasteiger partial charge in [-0.25, -0.2) is 9.97 Å². The van der Waals surface area contributed by atoms with Gasteiger partial charge in [-0.2, -0.15) is 5.10 Å². The number of nitrogens with zero attached hydrogens (tertiary/aromatic N) is 4. The summed E-state index contributed by atoms with van der Waals surface area (Å²) in [7, 11) is 0. The predicted molar refractivity (Wildman–Crippen MR) is 117 cm³/mol. The molecule has 1 aliphatic rings. The molecular weight excluding hydrogens is 348 g/mol. The lowest BCUT2D eigenvalue weighted by atomic mass is 9.98. The van der Waals surface area contributed by atoms with Crippen LogP contribution in [-0.2, 0) is 0 Å². The second kappa shape index (κ2) is 8.27. The van der Waals surface area contributed by atoms with Crippen LogP contribution in [0.4, 0.5) is 5.82 Å². The molecule has 150 valence electrons. The third-order valence-electron chi connectivity index (χ3n) is 5.39. The van der Waals surface area contributed by atoms with E-state index in [4.69, 9.17) is 4.98 Å². The van der Waals surface area contributed by atoms with E-state index in [0.717, 1.165) is 41.3 Å². The monoisotopic (exact) mass is 380 g/mol. The van der Waals surface area contributed by atoms with E-state index in [0.29, 0.717) is 18.0 Å². The summed E-state index contributed by atoms with van der Waals surface area (Å²) < 4.78 is 0. The summed E-state index contributed by atoms with van der Waals surface area (Å²) in [4.78, 5) is 11.8. The van der Waals surface area contributed by atoms with Crippen molar-refractivity contribution in [3.8, 4) is 11.4 Å². The van der Waals surface area contributed by atoms with Crippen molar-refractivity contribution >= 4 is 16.9 Å². The Hall–Kier alpha value is -2.47. The van der Waals surface area contributed by atoms with Gasteiger partial charge in [0.05, 0.1) is 11.4 Å². The smallest absolute Gasteiger partial charge is 0.181 e. The van der Waals surface area contributed by atoms with Crippen LogP contribution in [0.5, 0.6) is 0 Å². The Morgan fingerprint density at radius 1 is 1.18 bits per heavy atom. The quantitative estimate of drug-likeness (QED) is 0.669. The van der Waals surface area contributed by atoms with E-state index in [1.165, 1.54) is 19.3 Å². The van der Waals surface area contributed by atoms with Gasteiger partial charge < -0.3 is 10.2 Å². The summed E-state index contributed by atoms with van der Waals surface area (Å²) in [6.45, 7) is 8.86. The van der Waals surface area contributed by atoms with Gasteiger partial charge in [-0.3, -0.25) is 5.10 Å². The maximum atomic E-state index is 5.00. The van der Waals surface area contributed by atoms with Crippen molar-refractivity contribution < 1.29 is 1.43 Å². The van der Waals surface area contributed by atoms with Crippen molar-refractivity contribution in [1.82, 2.24) is 25.5 Å². The number of pyridine rings is 2. The Bertz CT molecular complexity index is 924. The maximum absolute atomic E-state index is 5.00. The maximum Gasteiger partial charge on any atom is 0.181 e. The lowest BCUT2D eigenvalue weighted by molar-refractivity contribution is 0.317. The van der Waals surface area contributed by atoms with Crippen molar-refractivity contribution in [2.75, 3.05) is 18.0 Å². The molecule has 0 aliphatic carbocycles. The molecule has 4 rings (SSSR count). The number of rotatable bonds is 6. The van der Waals surface area contributed by atoms with Gasteiger partial charge in [-0.05, 0) is 43.0 Å². The third-order valence-corrected chi connectivity index (χ3v) is 5.39. The fourth-order valence-electron chi connectivity index (χ4n) is 4.25. The SMILES string of the molecule is CCC[C@H]1CN(c2cccc(-c3[nH]nc4ncccc34)n2)C[C@H](CC(C)C)N1.[HH]. The van der Waals surface area contributed by atoms with E-state index in [1.807, 2.05) is 18.2 Å². The minimum absolute atomic E-state index is 0. The normalized spacial score (nSPS) is 20.2. The van der Waals surface area contributed by atoms with Gasteiger partial charge in [0.15, 0.2) is 5.65 Å². The number of hydrogen-bond donors (Lipinski definition) is 2. The van der Waals surface area contributed by atoms with Crippen LogP contribution in [0.2, 0.25) is 0 Å². The summed E-state index contributed by atoms with van der Waals surface area (Å²) in [6.07, 6.45) is 5.34. The van der Waals surface area contributed by atoms with Crippen LogP contribution in [0.1, 0.15) is 41.5 Å². The van der Waals surface area contributed by atoms with Crippen LogP contribution in [0.3, 0.4) is 0 Å². The standard InChI is InChI=1S/C22H30N6.H2/c1-4-7-16-13-28(14-17(24-16)12-15(2)3)20-10-5-9-19(25-20)21-18-8-6-11-23-22(18)27-26-21;/h5-6,8-11,15-17,24H,4,7,12-14H2,1-3H3,(H,23,26,27);1H/t16-,17-;/m0./s1. The van der Waals surface area contributed by atoms with Crippen molar-refractivity contribution in [3.63, 3.8) is 0 Å². The molecule has 28 heavy (non-hydrogen) atoms. The molecule has 0 aromatic carbocycles. The van der Waals surface area contributed by atoms with Gasteiger partial charge in [-0.1, -0.05) is 33.3 Å². The van der Waals surface area contributed by atoms with Crippen molar-refractivity contribution in [2.24, 2.45) is 5.92 Å². The molecule has 2 N–H and O–H groups in total. The van der Waals surface area contributed by atoms with Crippen molar-refractivity contribution in [3.05, 3.63) is 36.5 Å². The van der Waals surface area contributed by atoms with Crippen LogP contribution in [0, 0.1) is 5.92 Å². The van der Waals surface area contributed by atoms with E-state index in [2.05, 4.69) is 58.3 Å². The first-order chi connectivity index (χ1) is 13.6. The summed E-state index contributed by atoms with van der Waals surface area (Å²) in [5.41, 5.74) is 2.58. The van der Waals surface area contributed by atoms with Crippen molar-refractivity contribution in [2.45, 2.75) is 52.1 Å². The average Bonchev–Trinajstić information content (AvgIpc) is 3.12. The van der Waals surface area contributed by atoms with Crippen LogP contribution < -0.4 is 10.2 Å². The highest BCUT2D eigenvalue weighted by Crippen LogP contribution is 2.26. The van der Waals surface area contributed by atoms with Crippen LogP contribution >= 0.6 is 0 Å². The predicted octanol–water partition coefficient (Wildman–Crippen LogP) is 4.26. The first-order valence-corrected chi connectivity index (χ1v) is 10.4. The van der Waals surface area contributed by atoms with Gasteiger partial charge in [0.25, 0.3) is 0 Å². The molecule has 0 spiro atoms. The van der Waals surface area contributed by atoms with Crippen molar-refractivity contribution in [1.29, 1.82) is 0 Å². The van der Waals surface area contributed by atoms with Gasteiger partial charge in [0.2, 0.25) is 0 Å². The molecule has 0 radical (unpaired) electrons. The molecule has 0 unspecified atom stereocenters. The number of fused-ring (bicyclic) bond motifs is 1. The number of aromatic nitrogens is 4. The first-order valence-electron chi connectivity index (χ1n) is 10.4. The number of anilines is 1. The molecule has 6 nitrogen and oxygen atoms in total. The Morgan fingerprint density at radius 3 is 2.86 bits per heavy atom. The van der Waals surface area contributed by atoms with E-state index >= 15 is 0 Å². The Kier molecular flexibility index (Phi) is 5.57. The molecule has 1 fully saturated rings. The molecule has 0 amide bonds. The molecule has 6 heteroatoms. The lowest BCUT2D eigenvalue weighted by Gasteiger charge is -2.40. The molecule has 1 saturated heterocycles. The Balaban J connectivity index is 0.00000240. The fraction of sp³-hybridized carbons (Fsp3) is 0.500. The molecule has 0 bridgehead atoms. The molecule has 4 heterocycles. The topological polar surface area (TPSA) is 69.7 Å². The van der Waals surface area contributed by atoms with Gasteiger partial charge in [0.1, 0.15) is 5.82 Å². The second-order valence-corrected chi connectivity index (χ2v) is 8.24. The number of piperazine rings is 1. The van der Waals surface area contributed by atoms with Gasteiger partial charge in [0, 0.05) is 38.2 Å². The Morgan fingerprint density at radius 2 is 2.04 bits per heavy atom. The minimum atomic E-state index is 0. The lowest BCUT2D eigenvalue weighted by Crippen LogP contribution is -2.57. The molecule has 3 aromatic heterocycles. The number of aromatic amines is 1. The fourth-order valence-corrected chi connectivity index (χ4v) is 4.25. The minimum Gasteiger partial charge on any atom is -0.353 e. The zero-order valence-corrected chi connectivity index (χ0v) is 17.0. The second-order valence-electron chi connectivity index (χ2n) is 8.24. The van der Waals surface area contributed by atoms with Crippen LogP contribution in [0.15, 0.2) is 36.5 Å².